The first-order valence-electron chi connectivity index (χ1n) is 2.54. The Kier molecular flexibility index (Phi) is 11.6. The summed E-state index contributed by atoms with van der Waals surface area (Å²) in [6.07, 6.45) is 1.77. The van der Waals surface area contributed by atoms with Crippen LogP contribution in [0.1, 0.15) is 19.8 Å². The average molecular weight is 188 g/mol. The average Bonchev–Trinajstić information content (AvgIpc) is 1.66. The monoisotopic (exact) mass is 188 g/mol. The fraction of sp³-hybridized carbons (Fsp3) is 1.00. The van der Waals surface area contributed by atoms with Gasteiger partial charge >= 0.3 is 25.6 Å². The number of rotatable bonds is 4. The van der Waals surface area contributed by atoms with Crippen molar-refractivity contribution in [1.29, 1.82) is 0 Å². The molecule has 0 aromatic rings. The van der Waals surface area contributed by atoms with E-state index in [1.165, 1.54) is 0 Å². The molecular formula is C4H9CrO3P+2. The quantitative estimate of drug-likeness (QED) is 0.484. The van der Waals surface area contributed by atoms with Gasteiger partial charge in [-0.15, -0.1) is 4.52 Å². The molecule has 0 bridgehead atoms. The summed E-state index contributed by atoms with van der Waals surface area (Å²) in [6, 6.07) is 0. The molecule has 0 aliphatic rings. The van der Waals surface area contributed by atoms with Crippen LogP contribution in [0.15, 0.2) is 0 Å². The van der Waals surface area contributed by atoms with Crippen LogP contribution >= 0.6 is 8.25 Å². The van der Waals surface area contributed by atoms with Crippen LogP contribution in [0, 0.1) is 0 Å². The maximum absolute atomic E-state index is 9.69. The number of hydrogen-bond acceptors (Lipinski definition) is 3. The van der Waals surface area contributed by atoms with Crippen molar-refractivity contribution in [3.8, 4) is 0 Å². The van der Waals surface area contributed by atoms with E-state index in [1.54, 1.807) is 0 Å². The van der Waals surface area contributed by atoms with Gasteiger partial charge in [0.1, 0.15) is 6.61 Å². The van der Waals surface area contributed by atoms with Crippen molar-refractivity contribution in [1.82, 2.24) is 0 Å². The largest absolute Gasteiger partial charge is 2.00 e. The third-order valence-corrected chi connectivity index (χ3v) is 1.09. The summed E-state index contributed by atoms with van der Waals surface area (Å²) >= 11 is 0. The van der Waals surface area contributed by atoms with E-state index in [4.69, 9.17) is 0 Å². The third-order valence-electron chi connectivity index (χ3n) is 0.695. The molecule has 52 valence electrons. The van der Waals surface area contributed by atoms with Gasteiger partial charge in [-0.25, -0.2) is 0 Å². The van der Waals surface area contributed by atoms with Crippen molar-refractivity contribution in [2.45, 2.75) is 19.8 Å². The maximum atomic E-state index is 9.69. The molecule has 9 heavy (non-hydrogen) atoms. The van der Waals surface area contributed by atoms with Crippen LogP contribution in [0.25, 0.3) is 0 Å². The normalized spacial score (nSPS) is 10.2. The minimum Gasteiger partial charge on any atom is -0.566 e. The van der Waals surface area contributed by atoms with Crippen LogP contribution in [0.2, 0.25) is 0 Å². The molecule has 0 saturated heterocycles. The van der Waals surface area contributed by atoms with Crippen molar-refractivity contribution in [3.63, 3.8) is 0 Å². The first-order chi connectivity index (χ1) is 3.77. The fourth-order valence-corrected chi connectivity index (χ4v) is 0.562. The molecule has 3 nitrogen and oxygen atoms in total. The van der Waals surface area contributed by atoms with Gasteiger partial charge < -0.3 is 4.89 Å². The van der Waals surface area contributed by atoms with Crippen LogP contribution in [0.4, 0.5) is 0 Å². The van der Waals surface area contributed by atoms with Gasteiger partial charge in [0.2, 0.25) is 0 Å². The fourth-order valence-electron chi connectivity index (χ4n) is 0.283. The van der Waals surface area contributed by atoms with E-state index in [2.05, 4.69) is 4.52 Å². The predicted molar refractivity (Wildman–Crippen MR) is 28.5 cm³/mol. The molecule has 0 rings (SSSR count). The Balaban J connectivity index is 0. The van der Waals surface area contributed by atoms with E-state index < -0.39 is 8.25 Å². The van der Waals surface area contributed by atoms with E-state index in [0.29, 0.717) is 6.61 Å². The topological polar surface area (TPSA) is 49.4 Å². The second kappa shape index (κ2) is 8.55. The van der Waals surface area contributed by atoms with Crippen LogP contribution in [-0.2, 0) is 26.4 Å². The summed E-state index contributed by atoms with van der Waals surface area (Å²) in [4.78, 5) is 9.69. The maximum Gasteiger partial charge on any atom is 2.00 e. The smallest absolute Gasteiger partial charge is 0.566 e. The van der Waals surface area contributed by atoms with E-state index in [-0.39, 0.29) is 17.4 Å². The Morgan fingerprint density at radius 3 is 2.56 bits per heavy atom. The second-order valence-electron chi connectivity index (χ2n) is 1.41. The first kappa shape index (κ1) is 12.2. The van der Waals surface area contributed by atoms with Crippen molar-refractivity contribution in [2.24, 2.45) is 0 Å². The molecule has 0 saturated carbocycles. The van der Waals surface area contributed by atoms with Gasteiger partial charge in [-0.2, -0.15) is 0 Å². The van der Waals surface area contributed by atoms with Gasteiger partial charge in [0.05, 0.1) is 0 Å². The summed E-state index contributed by atoms with van der Waals surface area (Å²) in [5.41, 5.74) is 0. The molecule has 0 aromatic carbocycles. The van der Waals surface area contributed by atoms with Crippen molar-refractivity contribution in [3.05, 3.63) is 0 Å². The zero-order valence-corrected chi connectivity index (χ0v) is 7.37. The number of unbranched alkanes of at least 4 members (excludes halogenated alkanes) is 1. The van der Waals surface area contributed by atoms with E-state index in [1.807, 2.05) is 6.92 Å². The summed E-state index contributed by atoms with van der Waals surface area (Å²) in [5.74, 6) is 0. The van der Waals surface area contributed by atoms with Gasteiger partial charge in [0.25, 0.3) is 0 Å². The Morgan fingerprint density at radius 1 is 1.67 bits per heavy atom. The molecule has 0 heterocycles. The molecule has 0 amide bonds. The zero-order valence-electron chi connectivity index (χ0n) is 5.20. The molecule has 1 unspecified atom stereocenters. The van der Waals surface area contributed by atoms with E-state index in [9.17, 15) is 9.46 Å². The summed E-state index contributed by atoms with van der Waals surface area (Å²) in [6.45, 7) is 2.30. The molecular weight excluding hydrogens is 179 g/mol. The summed E-state index contributed by atoms with van der Waals surface area (Å²) < 4.78 is 13.9. The zero-order chi connectivity index (χ0) is 6.41. The van der Waals surface area contributed by atoms with Crippen molar-refractivity contribution >= 4 is 8.25 Å². The van der Waals surface area contributed by atoms with Crippen LogP contribution in [0.3, 0.4) is 0 Å². The van der Waals surface area contributed by atoms with Crippen molar-refractivity contribution < 1.29 is 31.3 Å². The van der Waals surface area contributed by atoms with E-state index >= 15 is 0 Å². The molecule has 0 aliphatic heterocycles. The Bertz CT molecular complexity index is 78.2. The second-order valence-corrected chi connectivity index (χ2v) is 2.12. The minimum atomic E-state index is -2.61. The molecule has 0 aliphatic carbocycles. The molecule has 0 aromatic heterocycles. The first-order valence-corrected chi connectivity index (χ1v) is 3.64. The van der Waals surface area contributed by atoms with Crippen LogP contribution < -0.4 is 4.89 Å². The Hall–Kier alpha value is 0.552. The SMILES string of the molecule is CCCCO[P+](=O)[O-].[Cr+2]. The standard InChI is InChI=1S/C4H9O3P.Cr/c1-2-3-4-7-8(5)6;/h2-4H2,1H3;/q;+2. The van der Waals surface area contributed by atoms with Gasteiger partial charge in [0.15, 0.2) is 0 Å². The number of hydrogen-bond donors (Lipinski definition) is 0. The van der Waals surface area contributed by atoms with Gasteiger partial charge in [-0.05, 0) is 11.0 Å². The van der Waals surface area contributed by atoms with Crippen molar-refractivity contribution in [2.75, 3.05) is 6.61 Å². The molecule has 5 heteroatoms. The predicted octanol–water partition coefficient (Wildman–Crippen LogP) is 0.818. The third kappa shape index (κ3) is 11.9. The molecule has 0 N–H and O–H groups in total. The van der Waals surface area contributed by atoms with Crippen LogP contribution in [-0.4, -0.2) is 6.61 Å². The molecule has 0 spiro atoms. The summed E-state index contributed by atoms with van der Waals surface area (Å²) in [5, 5.41) is 0. The van der Waals surface area contributed by atoms with E-state index in [0.717, 1.165) is 12.8 Å². The Morgan fingerprint density at radius 2 is 2.22 bits per heavy atom. The van der Waals surface area contributed by atoms with Gasteiger partial charge in [-0.1, -0.05) is 13.3 Å². The molecule has 1 atom stereocenters. The molecule has 0 fully saturated rings. The van der Waals surface area contributed by atoms with Gasteiger partial charge in [-0.3, -0.25) is 0 Å². The van der Waals surface area contributed by atoms with Crippen LogP contribution in [0.5, 0.6) is 0 Å². The Labute approximate surface area is 66.5 Å². The summed E-state index contributed by atoms with van der Waals surface area (Å²) in [7, 11) is -2.61. The van der Waals surface area contributed by atoms with Gasteiger partial charge in [0, 0.05) is 0 Å². The molecule has 0 radical (unpaired) electrons. The minimum absolute atomic E-state index is 0.